The number of nitriles is 1. The van der Waals surface area contributed by atoms with Gasteiger partial charge in [-0.1, -0.05) is 63.9 Å². The molecule has 1 aliphatic rings. The minimum Gasteiger partial charge on any atom is -0.495 e. The second kappa shape index (κ2) is 14.5. The second-order valence-electron chi connectivity index (χ2n) is 13.5. The zero-order valence-electron chi connectivity index (χ0n) is 28.3. The van der Waals surface area contributed by atoms with Crippen LogP contribution in [-0.4, -0.2) is 83.7 Å². The highest BCUT2D eigenvalue weighted by Crippen LogP contribution is 2.45. The summed E-state index contributed by atoms with van der Waals surface area (Å²) in [6.07, 6.45) is 3.40. The molecule has 0 aliphatic carbocycles. The minimum absolute atomic E-state index is 0.171. The van der Waals surface area contributed by atoms with Gasteiger partial charge in [0.05, 0.1) is 29.8 Å². The summed E-state index contributed by atoms with van der Waals surface area (Å²) in [4.78, 5) is 40.7. The van der Waals surface area contributed by atoms with E-state index in [0.29, 0.717) is 79.9 Å². The number of hydrogen-bond acceptors (Lipinski definition) is 9. The number of fused-ring (bicyclic) bond motifs is 1. The zero-order valence-corrected chi connectivity index (χ0v) is 29.8. The van der Waals surface area contributed by atoms with Gasteiger partial charge in [-0.05, 0) is 23.8 Å². The number of aromatic nitrogens is 3. The molecule has 1 saturated heterocycles. The average molecular weight is 685 g/mol. The summed E-state index contributed by atoms with van der Waals surface area (Å²) in [5, 5.41) is 13.8. The number of halogens is 2. The first-order chi connectivity index (χ1) is 22.1. The van der Waals surface area contributed by atoms with Gasteiger partial charge in [-0.15, -0.1) is 0 Å². The number of nitrogens with zero attached hydrogens (tertiary/aromatic N) is 6. The van der Waals surface area contributed by atoms with E-state index in [1.54, 1.807) is 33.9 Å². The van der Waals surface area contributed by atoms with Crippen LogP contribution in [0, 0.1) is 22.2 Å². The standard InChI is InChI=1S/C34H43Cl2N7O4/c1-9-38-32-39-18-21-14-23(26-27(35)24(46-7)15-25(47-8)28(26)36)31(45)43(29(21)40-32)20-34(5,6)19-41-10-12-42(13-11-41)30(44)22(17-37)16-33(2,3)4/h14-16,18H,9-13,19-20H2,1-8H3,(H,38,39,40)/b22-16-. The molecule has 1 amide bonds. The predicted octanol–water partition coefficient (Wildman–Crippen LogP) is 5.88. The van der Waals surface area contributed by atoms with E-state index in [1.165, 1.54) is 14.2 Å². The average Bonchev–Trinajstić information content (AvgIpc) is 3.01. The fraction of sp³-hybridized carbons (Fsp3) is 0.500. The number of rotatable bonds is 10. The molecule has 0 bridgehead atoms. The number of allylic oxidation sites excluding steroid dienone is 1. The van der Waals surface area contributed by atoms with Gasteiger partial charge in [0, 0.05) is 69.0 Å². The van der Waals surface area contributed by atoms with Gasteiger partial charge in [-0.3, -0.25) is 19.1 Å². The Morgan fingerprint density at radius 1 is 1.04 bits per heavy atom. The molecule has 3 aromatic rings. The van der Waals surface area contributed by atoms with E-state index in [2.05, 4.69) is 35.1 Å². The number of anilines is 1. The Bertz CT molecular complexity index is 1750. The van der Waals surface area contributed by atoms with Crippen LogP contribution in [0.4, 0.5) is 5.95 Å². The van der Waals surface area contributed by atoms with Gasteiger partial charge in [0.15, 0.2) is 0 Å². The van der Waals surface area contributed by atoms with Crippen LogP contribution in [0.1, 0.15) is 41.5 Å². The fourth-order valence-corrected chi connectivity index (χ4v) is 6.49. The Balaban J connectivity index is 1.69. The first-order valence-electron chi connectivity index (χ1n) is 15.5. The second-order valence-corrected chi connectivity index (χ2v) is 14.3. The third-order valence-electron chi connectivity index (χ3n) is 7.83. The van der Waals surface area contributed by atoms with Gasteiger partial charge in [0.2, 0.25) is 5.95 Å². The van der Waals surface area contributed by atoms with E-state index in [0.717, 1.165) is 0 Å². The maximum absolute atomic E-state index is 14.4. The van der Waals surface area contributed by atoms with Gasteiger partial charge in [0.25, 0.3) is 11.5 Å². The van der Waals surface area contributed by atoms with Crippen molar-refractivity contribution in [3.63, 3.8) is 0 Å². The van der Waals surface area contributed by atoms with E-state index in [-0.39, 0.29) is 38.1 Å². The molecule has 4 rings (SSSR count). The lowest BCUT2D eigenvalue weighted by Crippen LogP contribution is -2.51. The highest BCUT2D eigenvalue weighted by atomic mass is 35.5. The van der Waals surface area contributed by atoms with Gasteiger partial charge in [-0.25, -0.2) is 4.98 Å². The number of methoxy groups -OCH3 is 2. The molecule has 1 N–H and O–H groups in total. The number of pyridine rings is 1. The summed E-state index contributed by atoms with van der Waals surface area (Å²) in [7, 11) is 2.97. The number of piperazine rings is 1. The number of carbonyl (C=O) groups is 1. The predicted molar refractivity (Wildman–Crippen MR) is 186 cm³/mol. The van der Waals surface area contributed by atoms with Crippen LogP contribution < -0.4 is 20.3 Å². The molecular formula is C34H43Cl2N7O4. The van der Waals surface area contributed by atoms with Gasteiger partial charge in [-0.2, -0.15) is 10.2 Å². The summed E-state index contributed by atoms with van der Waals surface area (Å²) < 4.78 is 12.6. The Hall–Kier alpha value is -3.85. The molecule has 47 heavy (non-hydrogen) atoms. The summed E-state index contributed by atoms with van der Waals surface area (Å²) >= 11 is 13.5. The monoisotopic (exact) mass is 683 g/mol. The third-order valence-corrected chi connectivity index (χ3v) is 8.58. The van der Waals surface area contributed by atoms with Crippen LogP contribution in [0.15, 0.2) is 34.8 Å². The zero-order chi connectivity index (χ0) is 34.7. The number of ether oxygens (including phenoxy) is 2. The normalized spacial score (nSPS) is 14.7. The van der Waals surface area contributed by atoms with E-state index >= 15 is 0 Å². The van der Waals surface area contributed by atoms with Crippen LogP contribution in [-0.2, 0) is 11.3 Å². The molecule has 1 aromatic carbocycles. The molecule has 0 atom stereocenters. The van der Waals surface area contributed by atoms with Crippen molar-refractivity contribution in [2.24, 2.45) is 10.8 Å². The fourth-order valence-electron chi connectivity index (χ4n) is 5.79. The maximum Gasteiger partial charge on any atom is 0.264 e. The molecule has 0 saturated carbocycles. The Morgan fingerprint density at radius 3 is 2.19 bits per heavy atom. The molecule has 3 heterocycles. The molecule has 1 fully saturated rings. The minimum atomic E-state index is -0.408. The van der Waals surface area contributed by atoms with Crippen LogP contribution in [0.25, 0.3) is 22.2 Å². The van der Waals surface area contributed by atoms with Crippen molar-refractivity contribution in [1.29, 1.82) is 5.26 Å². The van der Waals surface area contributed by atoms with Crippen LogP contribution in [0.5, 0.6) is 11.5 Å². The van der Waals surface area contributed by atoms with E-state index in [1.807, 2.05) is 27.7 Å². The molecule has 1 aliphatic heterocycles. The lowest BCUT2D eigenvalue weighted by Gasteiger charge is -2.39. The number of amides is 1. The van der Waals surface area contributed by atoms with Crippen molar-refractivity contribution >= 4 is 46.1 Å². The quantitative estimate of drug-likeness (QED) is 0.206. The molecule has 13 heteroatoms. The third kappa shape index (κ3) is 8.18. The smallest absolute Gasteiger partial charge is 0.264 e. The van der Waals surface area contributed by atoms with Crippen molar-refractivity contribution < 1.29 is 14.3 Å². The number of hydrogen-bond donors (Lipinski definition) is 1. The largest absolute Gasteiger partial charge is 0.495 e. The highest BCUT2D eigenvalue weighted by molar-refractivity contribution is 6.41. The molecule has 0 radical (unpaired) electrons. The van der Waals surface area contributed by atoms with Crippen molar-refractivity contribution in [2.45, 2.75) is 48.1 Å². The topological polar surface area (TPSA) is 126 Å². The summed E-state index contributed by atoms with van der Waals surface area (Å²) in [6.45, 7) is 15.9. The maximum atomic E-state index is 14.4. The van der Waals surface area contributed by atoms with E-state index in [9.17, 15) is 14.9 Å². The Labute approximate surface area is 286 Å². The van der Waals surface area contributed by atoms with Crippen molar-refractivity contribution in [3.8, 4) is 28.7 Å². The lowest BCUT2D eigenvalue weighted by atomic mass is 9.91. The molecule has 0 unspecified atom stereocenters. The van der Waals surface area contributed by atoms with Crippen molar-refractivity contribution in [1.82, 2.24) is 24.3 Å². The lowest BCUT2D eigenvalue weighted by molar-refractivity contribution is -0.128. The molecule has 11 nitrogen and oxygen atoms in total. The van der Waals surface area contributed by atoms with Crippen molar-refractivity contribution in [3.05, 3.63) is 50.4 Å². The van der Waals surface area contributed by atoms with E-state index < -0.39 is 5.41 Å². The highest BCUT2D eigenvalue weighted by Gasteiger charge is 2.31. The molecule has 2 aromatic heterocycles. The van der Waals surface area contributed by atoms with Crippen LogP contribution in [0.2, 0.25) is 10.0 Å². The Kier molecular flexibility index (Phi) is 11.1. The number of carbonyl (C=O) groups excluding carboxylic acids is 1. The molecule has 252 valence electrons. The molecule has 0 spiro atoms. The van der Waals surface area contributed by atoms with Gasteiger partial charge >= 0.3 is 0 Å². The number of benzene rings is 1. The first kappa shape index (κ1) is 36.0. The van der Waals surface area contributed by atoms with E-state index in [4.69, 9.17) is 37.7 Å². The summed E-state index contributed by atoms with van der Waals surface area (Å²) in [5.41, 5.74) is 0.209. The Morgan fingerprint density at radius 2 is 1.66 bits per heavy atom. The van der Waals surface area contributed by atoms with Gasteiger partial charge < -0.3 is 19.7 Å². The summed E-state index contributed by atoms with van der Waals surface area (Å²) in [5.74, 6) is 0.817. The van der Waals surface area contributed by atoms with Gasteiger partial charge in [0.1, 0.15) is 28.8 Å². The summed E-state index contributed by atoms with van der Waals surface area (Å²) in [6, 6.07) is 5.36. The molecular weight excluding hydrogens is 641 g/mol. The van der Waals surface area contributed by atoms with Crippen LogP contribution >= 0.6 is 23.2 Å². The first-order valence-corrected chi connectivity index (χ1v) is 16.3. The SMILES string of the molecule is CCNc1ncc2cc(-c3c(Cl)c(OC)cc(OC)c3Cl)c(=O)n(CC(C)(C)CN3CCN(C(=O)/C(C#N)=C\C(C)(C)C)CC3)c2n1. The van der Waals surface area contributed by atoms with Crippen LogP contribution in [0.3, 0.4) is 0 Å². The number of nitrogens with one attached hydrogen (secondary N) is 1. The van der Waals surface area contributed by atoms with Crippen molar-refractivity contribution in [2.75, 3.05) is 58.8 Å².